The summed E-state index contributed by atoms with van der Waals surface area (Å²) in [5, 5.41) is 19.7. The molecule has 166 valence electrons. The maximum atomic E-state index is 9.43. The fourth-order valence-electron chi connectivity index (χ4n) is 2.68. The van der Waals surface area contributed by atoms with Crippen molar-refractivity contribution in [2.75, 3.05) is 34.5 Å². The summed E-state index contributed by atoms with van der Waals surface area (Å²) in [5.74, 6) is 7.38. The molecule has 0 aliphatic rings. The Balaban J connectivity index is 1.34. The van der Waals surface area contributed by atoms with Gasteiger partial charge >= 0.3 is 0 Å². The van der Waals surface area contributed by atoms with E-state index in [0.29, 0.717) is 10.0 Å². The van der Waals surface area contributed by atoms with Gasteiger partial charge in [0, 0.05) is 23.0 Å². The third-order valence-electron chi connectivity index (χ3n) is 4.24. The number of aromatic hydroxyl groups is 2. The van der Waals surface area contributed by atoms with Crippen LogP contribution in [0.3, 0.4) is 0 Å². The van der Waals surface area contributed by atoms with E-state index >= 15 is 0 Å². The number of hydrogen-bond donors (Lipinski definition) is 2. The molecule has 2 N–H and O–H groups in total. The van der Waals surface area contributed by atoms with Crippen molar-refractivity contribution < 1.29 is 10.2 Å². The number of rotatable bonds is 15. The molecule has 0 unspecified atom stereocenters. The average molecular weight is 524 g/mol. The van der Waals surface area contributed by atoms with Crippen LogP contribution < -0.4 is 0 Å². The lowest BCUT2D eigenvalue weighted by molar-refractivity contribution is 0.475. The highest BCUT2D eigenvalue weighted by Gasteiger charge is 2.02. The van der Waals surface area contributed by atoms with Gasteiger partial charge in [-0.15, -0.1) is 0 Å². The Bertz CT molecular complexity index is 698. The van der Waals surface area contributed by atoms with Gasteiger partial charge in [0.15, 0.2) is 0 Å². The molecule has 0 heterocycles. The zero-order chi connectivity index (χ0) is 21.6. The molecule has 0 bridgehead atoms. The number of thioether (sulfide) groups is 2. The molecule has 0 saturated heterocycles. The van der Waals surface area contributed by atoms with Crippen molar-refractivity contribution in [2.24, 2.45) is 0 Å². The first-order valence-corrected chi connectivity index (χ1v) is 15.5. The summed E-state index contributed by atoms with van der Waals surface area (Å²) >= 11 is 15.9. The average Bonchev–Trinajstić information content (AvgIpc) is 2.73. The Morgan fingerprint density at radius 2 is 1.03 bits per heavy atom. The van der Waals surface area contributed by atoms with E-state index < -0.39 is 0 Å². The van der Waals surface area contributed by atoms with Gasteiger partial charge in [0.2, 0.25) is 0 Å². The minimum absolute atomic E-state index is 0.155. The van der Waals surface area contributed by atoms with Crippen molar-refractivity contribution in [3.63, 3.8) is 0 Å². The molecule has 0 fully saturated rings. The largest absolute Gasteiger partial charge is 0.506 e. The Kier molecular flexibility index (Phi) is 13.8. The van der Waals surface area contributed by atoms with E-state index in [1.54, 1.807) is 12.1 Å². The number of aryl methyl sites for hydroxylation is 2. The van der Waals surface area contributed by atoms with Gasteiger partial charge < -0.3 is 10.2 Å². The van der Waals surface area contributed by atoms with Crippen LogP contribution in [0.25, 0.3) is 0 Å². The van der Waals surface area contributed by atoms with Gasteiger partial charge in [-0.2, -0.15) is 23.5 Å². The molecule has 8 heteroatoms. The summed E-state index contributed by atoms with van der Waals surface area (Å²) in [6.45, 7) is 0. The predicted octanol–water partition coefficient (Wildman–Crippen LogP) is 7.82. The van der Waals surface area contributed by atoms with Crippen LogP contribution in [0.5, 0.6) is 11.5 Å². The van der Waals surface area contributed by atoms with Gasteiger partial charge in [-0.1, -0.05) is 56.9 Å². The van der Waals surface area contributed by atoms with Gasteiger partial charge in [0.1, 0.15) is 11.5 Å². The maximum absolute atomic E-state index is 9.43. The number of halogens is 2. The number of phenols is 2. The second kappa shape index (κ2) is 15.8. The van der Waals surface area contributed by atoms with Crippen LogP contribution in [-0.4, -0.2) is 44.7 Å². The molecule has 2 aromatic rings. The van der Waals surface area contributed by atoms with E-state index in [2.05, 4.69) is 0 Å². The highest BCUT2D eigenvalue weighted by atomic mass is 35.5. The monoisotopic (exact) mass is 522 g/mol. The molecule has 2 nitrogen and oxygen atoms in total. The molecular weight excluding hydrogens is 495 g/mol. The first kappa shape index (κ1) is 26.3. The number of hydrogen-bond acceptors (Lipinski definition) is 6. The quantitative estimate of drug-likeness (QED) is 0.183. The summed E-state index contributed by atoms with van der Waals surface area (Å²) in [5.41, 5.74) is 2.38. The van der Waals surface area contributed by atoms with Gasteiger partial charge in [0.25, 0.3) is 0 Å². The van der Waals surface area contributed by atoms with Crippen molar-refractivity contribution in [2.45, 2.75) is 25.7 Å². The molecule has 0 aliphatic carbocycles. The van der Waals surface area contributed by atoms with Crippen LogP contribution in [0.4, 0.5) is 0 Å². The number of benzene rings is 2. The van der Waals surface area contributed by atoms with Crippen molar-refractivity contribution >= 4 is 68.3 Å². The SMILES string of the molecule is Oc1ccc(CCCSCCSSCCSCCCc2ccc(O)c(Cl)c2)cc1Cl. The zero-order valence-corrected chi connectivity index (χ0v) is 21.6. The molecule has 0 radical (unpaired) electrons. The van der Waals surface area contributed by atoms with Gasteiger partial charge in [-0.25, -0.2) is 0 Å². The van der Waals surface area contributed by atoms with Crippen LogP contribution in [0, 0.1) is 0 Å². The summed E-state index contributed by atoms with van der Waals surface area (Å²) in [4.78, 5) is 0. The fraction of sp³-hybridized carbons (Fsp3) is 0.455. The lowest BCUT2D eigenvalue weighted by Crippen LogP contribution is -1.92. The molecule has 0 spiro atoms. The Labute approximate surface area is 206 Å². The lowest BCUT2D eigenvalue weighted by Gasteiger charge is -2.05. The highest BCUT2D eigenvalue weighted by Crippen LogP contribution is 2.26. The van der Waals surface area contributed by atoms with Crippen molar-refractivity contribution in [1.29, 1.82) is 0 Å². The van der Waals surface area contributed by atoms with Crippen molar-refractivity contribution in [3.05, 3.63) is 57.6 Å². The highest BCUT2D eigenvalue weighted by molar-refractivity contribution is 8.76. The van der Waals surface area contributed by atoms with Crippen LogP contribution in [-0.2, 0) is 12.8 Å². The Morgan fingerprint density at radius 1 is 0.600 bits per heavy atom. The van der Waals surface area contributed by atoms with E-state index in [1.165, 1.54) is 34.1 Å². The Morgan fingerprint density at radius 3 is 1.43 bits per heavy atom. The lowest BCUT2D eigenvalue weighted by atomic mass is 10.1. The Hall–Kier alpha value is 0.0200. The first-order chi connectivity index (χ1) is 14.6. The van der Waals surface area contributed by atoms with Crippen LogP contribution in [0.2, 0.25) is 10.0 Å². The molecule has 0 aliphatic heterocycles. The van der Waals surface area contributed by atoms with E-state index in [1.807, 2.05) is 69.4 Å². The number of phenolic OH excluding ortho intramolecular Hbond substituents is 2. The smallest absolute Gasteiger partial charge is 0.134 e. The molecule has 2 aromatic carbocycles. The molecule has 30 heavy (non-hydrogen) atoms. The van der Waals surface area contributed by atoms with Gasteiger partial charge in [-0.3, -0.25) is 0 Å². The molecule has 0 saturated carbocycles. The van der Waals surface area contributed by atoms with Gasteiger partial charge in [-0.05, 0) is 72.6 Å². The van der Waals surface area contributed by atoms with Crippen molar-refractivity contribution in [3.8, 4) is 11.5 Å². The third kappa shape index (κ3) is 11.1. The van der Waals surface area contributed by atoms with E-state index in [0.717, 1.165) is 37.2 Å². The molecule has 0 aromatic heterocycles. The second-order valence-electron chi connectivity index (χ2n) is 6.65. The van der Waals surface area contributed by atoms with Gasteiger partial charge in [0.05, 0.1) is 10.0 Å². The van der Waals surface area contributed by atoms with E-state index in [9.17, 15) is 10.2 Å². The van der Waals surface area contributed by atoms with Crippen LogP contribution >= 0.6 is 68.3 Å². The fourth-order valence-corrected chi connectivity index (χ4v) is 7.84. The molecule has 0 atom stereocenters. The summed E-state index contributed by atoms with van der Waals surface area (Å²) < 4.78 is 0. The molecule has 2 rings (SSSR count). The summed E-state index contributed by atoms with van der Waals surface area (Å²) in [6.07, 6.45) is 4.28. The minimum atomic E-state index is 0.155. The summed E-state index contributed by atoms with van der Waals surface area (Å²) in [6, 6.07) is 10.9. The predicted molar refractivity (Wildman–Crippen MR) is 142 cm³/mol. The molecular formula is C22H28Cl2O2S4. The second-order valence-corrected chi connectivity index (χ2v) is 12.6. The first-order valence-electron chi connectivity index (χ1n) is 9.91. The van der Waals surface area contributed by atoms with E-state index in [4.69, 9.17) is 23.2 Å². The third-order valence-corrected chi connectivity index (χ3v) is 9.91. The van der Waals surface area contributed by atoms with E-state index in [-0.39, 0.29) is 11.5 Å². The maximum Gasteiger partial charge on any atom is 0.134 e. The standard InChI is InChI=1S/C22H28Cl2O2S4/c23-19-15-17(5-7-21(19)25)3-1-9-27-11-13-29-30-14-12-28-10-2-4-18-6-8-22(26)20(24)16-18/h5-8,15-16,25-26H,1-4,9-14H2. The molecule has 0 amide bonds. The normalized spacial score (nSPS) is 11.1. The van der Waals surface area contributed by atoms with Crippen molar-refractivity contribution in [1.82, 2.24) is 0 Å². The van der Waals surface area contributed by atoms with Crippen LogP contribution in [0.1, 0.15) is 24.0 Å². The zero-order valence-electron chi connectivity index (χ0n) is 16.8. The topological polar surface area (TPSA) is 40.5 Å². The minimum Gasteiger partial charge on any atom is -0.506 e. The van der Waals surface area contributed by atoms with Crippen LogP contribution in [0.15, 0.2) is 36.4 Å². The summed E-state index contributed by atoms with van der Waals surface area (Å²) in [7, 11) is 3.95.